The lowest BCUT2D eigenvalue weighted by atomic mass is 9.98. The molecule has 0 unspecified atom stereocenters. The highest BCUT2D eigenvalue weighted by molar-refractivity contribution is 7.91. The van der Waals surface area contributed by atoms with Crippen LogP contribution in [0.3, 0.4) is 0 Å². The number of rotatable bonds is 3. The molecule has 1 aliphatic rings. The summed E-state index contributed by atoms with van der Waals surface area (Å²) >= 11 is 0. The summed E-state index contributed by atoms with van der Waals surface area (Å²) in [7, 11) is -3.17. The van der Waals surface area contributed by atoms with Crippen LogP contribution in [0.2, 0.25) is 0 Å². The molecule has 0 aliphatic carbocycles. The van der Waals surface area contributed by atoms with Gasteiger partial charge in [0.1, 0.15) is 0 Å². The molecular formula is C18H17F3N2O3S. The van der Waals surface area contributed by atoms with Gasteiger partial charge in [-0.3, -0.25) is 0 Å². The SMILES string of the molecule is O=C(Nc1ccc(-c2ccccc2)c(C(F)(F)F)c1)N[C@H]1CCS(=O)(=O)C1. The molecule has 1 saturated heterocycles. The van der Waals surface area contributed by atoms with E-state index in [0.29, 0.717) is 5.56 Å². The van der Waals surface area contributed by atoms with Gasteiger partial charge in [-0.25, -0.2) is 13.2 Å². The number of hydrogen-bond acceptors (Lipinski definition) is 3. The number of sulfone groups is 1. The van der Waals surface area contributed by atoms with Crippen LogP contribution in [0.15, 0.2) is 48.5 Å². The minimum absolute atomic E-state index is 0.0101. The third-order valence-electron chi connectivity index (χ3n) is 4.24. The molecule has 9 heteroatoms. The fraction of sp³-hybridized carbons (Fsp3) is 0.278. The molecule has 2 aromatic rings. The van der Waals surface area contributed by atoms with Crippen molar-refractivity contribution < 1.29 is 26.4 Å². The molecule has 0 spiro atoms. The first kappa shape index (κ1) is 19.2. The van der Waals surface area contributed by atoms with Crippen molar-refractivity contribution in [3.05, 3.63) is 54.1 Å². The summed E-state index contributed by atoms with van der Waals surface area (Å²) in [4.78, 5) is 12.0. The van der Waals surface area contributed by atoms with E-state index < -0.39 is 33.6 Å². The fourth-order valence-corrected chi connectivity index (χ4v) is 4.66. The fourth-order valence-electron chi connectivity index (χ4n) is 2.99. The second-order valence-corrected chi connectivity index (χ2v) is 8.55. The lowest BCUT2D eigenvalue weighted by Gasteiger charge is -2.16. The zero-order chi connectivity index (χ0) is 19.7. The van der Waals surface area contributed by atoms with Crippen molar-refractivity contribution in [1.29, 1.82) is 0 Å². The van der Waals surface area contributed by atoms with Gasteiger partial charge in [0.15, 0.2) is 9.84 Å². The van der Waals surface area contributed by atoms with E-state index in [2.05, 4.69) is 10.6 Å². The third kappa shape index (κ3) is 4.79. The number of halogens is 3. The van der Waals surface area contributed by atoms with E-state index in [4.69, 9.17) is 0 Å². The number of urea groups is 1. The Morgan fingerprint density at radius 1 is 1.07 bits per heavy atom. The third-order valence-corrected chi connectivity index (χ3v) is 6.00. The predicted octanol–water partition coefficient (Wildman–Crippen LogP) is 3.68. The van der Waals surface area contributed by atoms with Crippen molar-refractivity contribution in [2.24, 2.45) is 0 Å². The Balaban J connectivity index is 1.80. The highest BCUT2D eigenvalue weighted by atomic mass is 32.2. The average molecular weight is 398 g/mol. The number of nitrogens with one attached hydrogen (secondary N) is 2. The molecule has 1 atom stereocenters. The topological polar surface area (TPSA) is 75.3 Å². The van der Waals surface area contributed by atoms with Crippen molar-refractivity contribution in [3.63, 3.8) is 0 Å². The molecule has 0 saturated carbocycles. The van der Waals surface area contributed by atoms with E-state index >= 15 is 0 Å². The van der Waals surface area contributed by atoms with Crippen LogP contribution < -0.4 is 10.6 Å². The van der Waals surface area contributed by atoms with Crippen LogP contribution >= 0.6 is 0 Å². The van der Waals surface area contributed by atoms with Crippen molar-refractivity contribution >= 4 is 21.6 Å². The number of anilines is 1. The van der Waals surface area contributed by atoms with Gasteiger partial charge in [-0.1, -0.05) is 36.4 Å². The van der Waals surface area contributed by atoms with Crippen molar-refractivity contribution in [2.45, 2.75) is 18.6 Å². The first-order valence-electron chi connectivity index (χ1n) is 8.19. The summed E-state index contributed by atoms with van der Waals surface area (Å²) in [6.45, 7) is 0. The smallest absolute Gasteiger partial charge is 0.334 e. The minimum Gasteiger partial charge on any atom is -0.334 e. The van der Waals surface area contributed by atoms with Crippen LogP contribution in [-0.2, 0) is 16.0 Å². The maximum atomic E-state index is 13.5. The standard InChI is InChI=1S/C18H17F3N2O3S/c19-18(20,21)16-10-13(6-7-15(16)12-4-2-1-3-5-12)22-17(24)23-14-8-9-27(25,26)11-14/h1-7,10,14H,8-9,11H2,(H2,22,23,24)/t14-/m0/s1. The number of hydrogen-bond donors (Lipinski definition) is 2. The quantitative estimate of drug-likeness (QED) is 0.828. The predicted molar refractivity (Wildman–Crippen MR) is 96.1 cm³/mol. The van der Waals surface area contributed by atoms with Crippen molar-refractivity contribution in [1.82, 2.24) is 5.32 Å². The van der Waals surface area contributed by atoms with Gasteiger partial charge in [0.2, 0.25) is 0 Å². The summed E-state index contributed by atoms with van der Waals surface area (Å²) in [5.41, 5.74) is -0.469. The number of amides is 2. The lowest BCUT2D eigenvalue weighted by Crippen LogP contribution is -2.38. The molecule has 0 aromatic heterocycles. The van der Waals surface area contributed by atoms with Crippen LogP contribution in [0.25, 0.3) is 11.1 Å². The Kier molecular flexibility index (Phi) is 5.14. The lowest BCUT2D eigenvalue weighted by molar-refractivity contribution is -0.137. The molecule has 2 aromatic carbocycles. The molecule has 1 aliphatic heterocycles. The van der Waals surface area contributed by atoms with E-state index in [1.807, 2.05) is 0 Å². The molecule has 144 valence electrons. The Labute approximate surface area is 154 Å². The second kappa shape index (κ2) is 7.22. The van der Waals surface area contributed by atoms with E-state index in [0.717, 1.165) is 6.07 Å². The molecular weight excluding hydrogens is 381 g/mol. The molecule has 2 N–H and O–H groups in total. The van der Waals surface area contributed by atoms with Gasteiger partial charge in [-0.2, -0.15) is 13.2 Å². The molecule has 0 radical (unpaired) electrons. The second-order valence-electron chi connectivity index (χ2n) is 6.32. The Hall–Kier alpha value is -2.55. The van der Waals surface area contributed by atoms with E-state index in [1.54, 1.807) is 30.3 Å². The molecule has 5 nitrogen and oxygen atoms in total. The highest BCUT2D eigenvalue weighted by Crippen LogP contribution is 2.38. The van der Waals surface area contributed by atoms with Crippen LogP contribution in [0.5, 0.6) is 0 Å². The summed E-state index contributed by atoms with van der Waals surface area (Å²) < 4.78 is 63.2. The summed E-state index contributed by atoms with van der Waals surface area (Å²) in [5, 5.41) is 4.82. The van der Waals surface area contributed by atoms with Crippen LogP contribution in [0, 0.1) is 0 Å². The van der Waals surface area contributed by atoms with Gasteiger partial charge < -0.3 is 10.6 Å². The van der Waals surface area contributed by atoms with Crippen LogP contribution in [0.1, 0.15) is 12.0 Å². The zero-order valence-electron chi connectivity index (χ0n) is 14.1. The summed E-state index contributed by atoms with van der Waals surface area (Å²) in [5.74, 6) is -0.177. The highest BCUT2D eigenvalue weighted by Gasteiger charge is 2.34. The summed E-state index contributed by atoms with van der Waals surface area (Å²) in [6, 6.07) is 10.4. The molecule has 2 amide bonds. The molecule has 1 heterocycles. The first-order chi connectivity index (χ1) is 12.6. The first-order valence-corrected chi connectivity index (χ1v) is 10.0. The molecule has 3 rings (SSSR count). The molecule has 0 bridgehead atoms. The van der Waals surface area contributed by atoms with Crippen LogP contribution in [-0.4, -0.2) is 32.0 Å². The zero-order valence-corrected chi connectivity index (χ0v) is 14.9. The monoisotopic (exact) mass is 398 g/mol. The minimum atomic E-state index is -4.60. The Morgan fingerprint density at radius 2 is 1.78 bits per heavy atom. The van der Waals surface area contributed by atoms with E-state index in [9.17, 15) is 26.4 Å². The van der Waals surface area contributed by atoms with Crippen molar-refractivity contribution in [3.8, 4) is 11.1 Å². The largest absolute Gasteiger partial charge is 0.417 e. The van der Waals surface area contributed by atoms with E-state index in [1.165, 1.54) is 12.1 Å². The van der Waals surface area contributed by atoms with Gasteiger partial charge in [0, 0.05) is 11.7 Å². The maximum Gasteiger partial charge on any atom is 0.417 e. The summed E-state index contributed by atoms with van der Waals surface area (Å²) in [6.07, 6.45) is -4.31. The number of alkyl halides is 3. The molecule has 1 fully saturated rings. The number of carbonyl (C=O) groups is 1. The Bertz CT molecular complexity index is 944. The van der Waals surface area contributed by atoms with Gasteiger partial charge in [-0.15, -0.1) is 0 Å². The maximum absolute atomic E-state index is 13.5. The van der Waals surface area contributed by atoms with Gasteiger partial charge in [0.05, 0.1) is 17.1 Å². The number of benzene rings is 2. The van der Waals surface area contributed by atoms with Crippen molar-refractivity contribution in [2.75, 3.05) is 16.8 Å². The van der Waals surface area contributed by atoms with Gasteiger partial charge in [-0.05, 0) is 29.7 Å². The average Bonchev–Trinajstić information content (AvgIpc) is 2.93. The molecule has 27 heavy (non-hydrogen) atoms. The van der Waals surface area contributed by atoms with Crippen LogP contribution in [0.4, 0.5) is 23.7 Å². The van der Waals surface area contributed by atoms with Gasteiger partial charge in [0.25, 0.3) is 0 Å². The van der Waals surface area contributed by atoms with Gasteiger partial charge >= 0.3 is 12.2 Å². The normalized spacial score (nSPS) is 18.9. The Morgan fingerprint density at radius 3 is 2.37 bits per heavy atom. The van der Waals surface area contributed by atoms with E-state index in [-0.39, 0.29) is 29.2 Å². The number of carbonyl (C=O) groups excluding carboxylic acids is 1.